The smallest absolute Gasteiger partial charge is 0.326 e. The second-order valence-electron chi connectivity index (χ2n) is 5.33. The van der Waals surface area contributed by atoms with Crippen LogP contribution in [-0.4, -0.2) is 39.0 Å². The molecule has 0 saturated carbocycles. The number of rotatable bonds is 2. The van der Waals surface area contributed by atoms with Crippen LogP contribution in [0.1, 0.15) is 23.7 Å². The largest absolute Gasteiger partial charge is 0.394 e. The molecule has 0 bridgehead atoms. The van der Waals surface area contributed by atoms with Crippen LogP contribution in [-0.2, 0) is 4.74 Å². The van der Waals surface area contributed by atoms with Crippen molar-refractivity contribution in [2.45, 2.75) is 31.7 Å². The average Bonchev–Trinajstić information content (AvgIpc) is 2.80. The molecule has 0 radical (unpaired) electrons. The molecule has 0 unspecified atom stereocenters. The van der Waals surface area contributed by atoms with E-state index in [0.717, 1.165) is 5.56 Å². The Morgan fingerprint density at radius 2 is 2.10 bits per heavy atom. The van der Waals surface area contributed by atoms with Crippen molar-refractivity contribution in [2.24, 2.45) is 0 Å². The van der Waals surface area contributed by atoms with Gasteiger partial charge in [0.1, 0.15) is 6.10 Å². The molecule has 1 aliphatic rings. The summed E-state index contributed by atoms with van der Waals surface area (Å²) in [5.74, 6) is 0. The van der Waals surface area contributed by atoms with E-state index in [9.17, 15) is 14.7 Å². The van der Waals surface area contributed by atoms with Gasteiger partial charge in [0.2, 0.25) is 0 Å². The molecule has 4 N–H and O–H groups in total. The van der Waals surface area contributed by atoms with Crippen LogP contribution in [0.5, 0.6) is 0 Å². The van der Waals surface area contributed by atoms with Gasteiger partial charge in [-0.2, -0.15) is 0 Å². The molecule has 1 aliphatic heterocycles. The topological polar surface area (TPSA) is 115 Å². The number of aliphatic hydroxyl groups is 2. The molecule has 7 heteroatoms. The summed E-state index contributed by atoms with van der Waals surface area (Å²) in [4.78, 5) is 28.2. The molecule has 2 heterocycles. The van der Waals surface area contributed by atoms with Crippen molar-refractivity contribution >= 4 is 10.9 Å². The fraction of sp³-hybridized carbons (Fsp3) is 0.429. The number of benzene rings is 1. The Morgan fingerprint density at radius 1 is 1.33 bits per heavy atom. The van der Waals surface area contributed by atoms with Gasteiger partial charge >= 0.3 is 5.69 Å². The van der Waals surface area contributed by atoms with Crippen molar-refractivity contribution in [1.82, 2.24) is 9.97 Å². The third-order valence-corrected chi connectivity index (χ3v) is 3.77. The molecule has 2 aromatic rings. The average molecular weight is 292 g/mol. The predicted molar refractivity (Wildman–Crippen MR) is 75.2 cm³/mol. The summed E-state index contributed by atoms with van der Waals surface area (Å²) in [6.45, 7) is 1.56. The Bertz CT molecular complexity index is 794. The second kappa shape index (κ2) is 5.10. The summed E-state index contributed by atoms with van der Waals surface area (Å²) < 4.78 is 5.62. The fourth-order valence-corrected chi connectivity index (χ4v) is 2.80. The highest BCUT2D eigenvalue weighted by Gasteiger charge is 2.35. The predicted octanol–water partition coefficient (Wildman–Crippen LogP) is -0.292. The first-order chi connectivity index (χ1) is 9.99. The van der Waals surface area contributed by atoms with Crippen molar-refractivity contribution < 1.29 is 14.9 Å². The van der Waals surface area contributed by atoms with Gasteiger partial charge in [-0.25, -0.2) is 4.79 Å². The van der Waals surface area contributed by atoms with E-state index in [-0.39, 0.29) is 6.61 Å². The van der Waals surface area contributed by atoms with Gasteiger partial charge in [0.05, 0.1) is 29.7 Å². The van der Waals surface area contributed by atoms with Crippen LogP contribution in [0.25, 0.3) is 10.9 Å². The van der Waals surface area contributed by atoms with E-state index in [1.165, 1.54) is 0 Å². The van der Waals surface area contributed by atoms with Gasteiger partial charge in [0, 0.05) is 12.0 Å². The standard InChI is InChI=1S/C14H16N2O5/c1-6-2-7(10-4-9(18)11(5-17)21-10)12-8(3-6)13(19)16-14(20)15-12/h2-3,9-11,17-18H,4-5H2,1H3,(H2,15,16,19,20)/t9-,10+,11+/m0/s1. The number of fused-ring (bicyclic) bond motifs is 1. The Labute approximate surface area is 119 Å². The molecule has 0 spiro atoms. The molecule has 1 saturated heterocycles. The van der Waals surface area contributed by atoms with Gasteiger partial charge in [-0.1, -0.05) is 6.07 Å². The number of aromatic nitrogens is 2. The van der Waals surface area contributed by atoms with Gasteiger partial charge in [-0.15, -0.1) is 0 Å². The molecule has 112 valence electrons. The number of aromatic amines is 2. The van der Waals surface area contributed by atoms with Crippen molar-refractivity contribution in [3.63, 3.8) is 0 Å². The summed E-state index contributed by atoms with van der Waals surface area (Å²) in [7, 11) is 0. The van der Waals surface area contributed by atoms with E-state index in [2.05, 4.69) is 9.97 Å². The first-order valence-corrected chi connectivity index (χ1v) is 6.71. The maximum absolute atomic E-state index is 11.9. The third kappa shape index (κ3) is 2.39. The third-order valence-electron chi connectivity index (χ3n) is 3.77. The second-order valence-corrected chi connectivity index (χ2v) is 5.33. The van der Waals surface area contributed by atoms with E-state index in [0.29, 0.717) is 22.9 Å². The minimum Gasteiger partial charge on any atom is -0.394 e. The molecule has 0 aliphatic carbocycles. The minimum absolute atomic E-state index is 0.279. The van der Waals surface area contributed by atoms with Gasteiger partial charge < -0.3 is 19.9 Å². The fourth-order valence-electron chi connectivity index (χ4n) is 2.80. The monoisotopic (exact) mass is 292 g/mol. The summed E-state index contributed by atoms with van der Waals surface area (Å²) in [5.41, 5.74) is 0.847. The molecule has 1 aromatic carbocycles. The van der Waals surface area contributed by atoms with Crippen LogP contribution < -0.4 is 11.2 Å². The van der Waals surface area contributed by atoms with Gasteiger partial charge in [-0.05, 0) is 18.6 Å². The Morgan fingerprint density at radius 3 is 2.76 bits per heavy atom. The zero-order valence-electron chi connectivity index (χ0n) is 11.4. The van der Waals surface area contributed by atoms with Crippen LogP contribution in [0, 0.1) is 6.92 Å². The zero-order valence-corrected chi connectivity index (χ0v) is 11.4. The van der Waals surface area contributed by atoms with Gasteiger partial charge in [0.15, 0.2) is 0 Å². The highest BCUT2D eigenvalue weighted by atomic mass is 16.5. The molecule has 21 heavy (non-hydrogen) atoms. The van der Waals surface area contributed by atoms with Crippen LogP contribution in [0.2, 0.25) is 0 Å². The lowest BCUT2D eigenvalue weighted by Crippen LogP contribution is -2.24. The molecule has 1 aromatic heterocycles. The molecule has 7 nitrogen and oxygen atoms in total. The van der Waals surface area contributed by atoms with E-state index in [4.69, 9.17) is 9.84 Å². The van der Waals surface area contributed by atoms with Crippen LogP contribution in [0.4, 0.5) is 0 Å². The SMILES string of the molecule is Cc1cc([C@H]2C[C@H](O)[C@@H](CO)O2)c2[nH]c(=O)[nH]c(=O)c2c1. The number of nitrogens with one attached hydrogen (secondary N) is 2. The van der Waals surface area contributed by atoms with E-state index >= 15 is 0 Å². The minimum atomic E-state index is -0.774. The Balaban J connectivity index is 2.19. The molecule has 3 atom stereocenters. The first kappa shape index (κ1) is 14.0. The number of aliphatic hydroxyl groups excluding tert-OH is 2. The van der Waals surface area contributed by atoms with Crippen LogP contribution in [0.15, 0.2) is 21.7 Å². The Hall–Kier alpha value is -1.96. The van der Waals surface area contributed by atoms with E-state index in [1.807, 2.05) is 13.0 Å². The van der Waals surface area contributed by atoms with Crippen LogP contribution >= 0.6 is 0 Å². The number of ether oxygens (including phenoxy) is 1. The maximum Gasteiger partial charge on any atom is 0.326 e. The number of hydrogen-bond acceptors (Lipinski definition) is 5. The van der Waals surface area contributed by atoms with Crippen molar-refractivity contribution in [2.75, 3.05) is 6.61 Å². The zero-order chi connectivity index (χ0) is 15.1. The van der Waals surface area contributed by atoms with Gasteiger partial charge in [0.25, 0.3) is 5.56 Å². The number of hydrogen-bond donors (Lipinski definition) is 4. The van der Waals surface area contributed by atoms with Crippen molar-refractivity contribution in [3.8, 4) is 0 Å². The first-order valence-electron chi connectivity index (χ1n) is 6.71. The van der Waals surface area contributed by atoms with Crippen molar-refractivity contribution in [1.29, 1.82) is 0 Å². The molecular weight excluding hydrogens is 276 g/mol. The number of H-pyrrole nitrogens is 2. The summed E-state index contributed by atoms with van der Waals surface area (Å²) in [6.07, 6.45) is -1.60. The van der Waals surface area contributed by atoms with Crippen LogP contribution in [0.3, 0.4) is 0 Å². The quantitative estimate of drug-likeness (QED) is 0.607. The van der Waals surface area contributed by atoms with Crippen molar-refractivity contribution in [3.05, 3.63) is 44.1 Å². The summed E-state index contributed by atoms with van der Waals surface area (Å²) >= 11 is 0. The molecule has 1 fully saturated rings. The molecular formula is C14H16N2O5. The molecule has 0 amide bonds. The highest BCUT2D eigenvalue weighted by Crippen LogP contribution is 2.35. The maximum atomic E-state index is 11.9. The lowest BCUT2D eigenvalue weighted by atomic mass is 9.99. The lowest BCUT2D eigenvalue weighted by Gasteiger charge is -2.15. The van der Waals surface area contributed by atoms with E-state index < -0.39 is 29.6 Å². The normalized spacial score (nSPS) is 25.6. The summed E-state index contributed by atoms with van der Waals surface area (Å²) in [6, 6.07) is 3.50. The summed E-state index contributed by atoms with van der Waals surface area (Å²) in [5, 5.41) is 19.4. The number of aryl methyl sites for hydroxylation is 1. The highest BCUT2D eigenvalue weighted by molar-refractivity contribution is 5.82. The lowest BCUT2D eigenvalue weighted by molar-refractivity contribution is -0.0222. The molecule has 3 rings (SSSR count). The van der Waals surface area contributed by atoms with Gasteiger partial charge in [-0.3, -0.25) is 9.78 Å². The Kier molecular flexibility index (Phi) is 3.40. The van der Waals surface area contributed by atoms with E-state index in [1.54, 1.807) is 6.07 Å².